The van der Waals surface area contributed by atoms with Crippen molar-refractivity contribution in [3.8, 4) is 0 Å². The second-order valence-corrected chi connectivity index (χ2v) is 17.6. The summed E-state index contributed by atoms with van der Waals surface area (Å²) >= 11 is 2.15. The van der Waals surface area contributed by atoms with Crippen LogP contribution in [0.15, 0.2) is 48.5 Å². The van der Waals surface area contributed by atoms with Gasteiger partial charge in [0.25, 0.3) is 0 Å². The molecule has 61 heavy (non-hydrogen) atoms. The molecule has 0 aromatic heterocycles. The van der Waals surface area contributed by atoms with Gasteiger partial charge in [0, 0.05) is 54.2 Å². The number of likely N-dealkylation sites (N-methyl/N-ethyl adjacent to an activating group) is 2. The monoisotopic (exact) mass is 988 g/mol. The van der Waals surface area contributed by atoms with Gasteiger partial charge in [-0.3, -0.25) is 14.5 Å². The Balaban J connectivity index is 0.00000421. The second-order valence-electron chi connectivity index (χ2n) is 17.6. The summed E-state index contributed by atoms with van der Waals surface area (Å²) in [6.07, 6.45) is 1.38. The van der Waals surface area contributed by atoms with Crippen molar-refractivity contribution in [1.29, 1.82) is 0 Å². The SMILES string of the molecule is CI.COC(C)C(C=[N+](C)[C@@H](c1c(C)cc(C)cc1C)[C@H](c1c(C)cc(C)cc1C)N(C)CC(C(=O)c1c(C)cc(C)cc1C)C(C)OC)C(=O)c1c(C)cc(C)cc1C.[Co]. The molecule has 0 aliphatic carbocycles. The Kier molecular flexibility index (Phi) is 21.0. The maximum atomic E-state index is 14.9. The summed E-state index contributed by atoms with van der Waals surface area (Å²) in [5.74, 6) is -0.877. The van der Waals surface area contributed by atoms with Gasteiger partial charge < -0.3 is 9.47 Å². The molecule has 6 nitrogen and oxygen atoms in total. The average Bonchev–Trinajstić information content (AvgIpc) is 3.14. The standard InChI is InChI=1S/C52H71N2O4.CH3I.Co/c1-29-19-33(5)45(34(6)20-29)49(53(15)27-43(41(13)57-17)51(55)47-37(9)23-31(3)24-38(47)10)50(46-35(7)21-30(2)22-36(46)8)54(16)28-44(42(14)58-18)52(56)48-39(11)25-32(4)26-40(48)12;1-2;/h19-27,41-44,49-50H,28H2,1-18H3;1H3;/q+1;;/t41?,42?,43?,44?,49-,50-;;/m0../s1. The molecule has 0 amide bonds. The molecule has 0 aliphatic rings. The Labute approximate surface area is 393 Å². The first-order valence-electron chi connectivity index (χ1n) is 21.2. The van der Waals surface area contributed by atoms with E-state index in [9.17, 15) is 9.59 Å². The Hall–Kier alpha value is -2.99. The topological polar surface area (TPSA) is 58.9 Å². The zero-order valence-electron chi connectivity index (χ0n) is 40.6. The molecule has 1 radical (unpaired) electrons. The zero-order valence-corrected chi connectivity index (χ0v) is 43.8. The molecule has 0 bridgehead atoms. The predicted molar refractivity (Wildman–Crippen MR) is 261 cm³/mol. The number of methoxy groups -OCH3 is 2. The molecule has 0 aliphatic heterocycles. The number of hydrogen-bond acceptors (Lipinski definition) is 5. The molecule has 0 spiro atoms. The number of halogens is 1. The van der Waals surface area contributed by atoms with Gasteiger partial charge in [0.05, 0.1) is 18.1 Å². The summed E-state index contributed by atoms with van der Waals surface area (Å²) in [7, 11) is 7.64. The van der Waals surface area contributed by atoms with Crippen LogP contribution in [0.25, 0.3) is 0 Å². The van der Waals surface area contributed by atoms with E-state index in [2.05, 4.69) is 156 Å². The molecule has 0 fully saturated rings. The van der Waals surface area contributed by atoms with Gasteiger partial charge in [-0.1, -0.05) is 93.4 Å². The summed E-state index contributed by atoms with van der Waals surface area (Å²) in [5, 5.41) is 0. The van der Waals surface area contributed by atoms with Crippen LogP contribution in [0.4, 0.5) is 0 Å². The molecule has 8 heteroatoms. The van der Waals surface area contributed by atoms with Crippen molar-refractivity contribution in [2.75, 3.05) is 39.8 Å². The fourth-order valence-electron chi connectivity index (χ4n) is 9.94. The normalized spacial score (nSPS) is 14.6. The third-order valence-electron chi connectivity index (χ3n) is 12.5. The van der Waals surface area contributed by atoms with E-state index in [1.165, 1.54) is 44.5 Å². The Morgan fingerprint density at radius 3 is 1.28 bits per heavy atom. The molecular weight excluding hydrogens is 914 g/mol. The van der Waals surface area contributed by atoms with E-state index < -0.39 is 11.8 Å². The van der Waals surface area contributed by atoms with Crippen molar-refractivity contribution in [2.45, 2.75) is 121 Å². The number of Topliss-reactive ketones (excluding diaryl/α,β-unsaturated/α-hetero) is 2. The summed E-state index contributed by atoms with van der Waals surface area (Å²) in [4.78, 5) is 34.0. The zero-order chi connectivity index (χ0) is 45.5. The van der Waals surface area contributed by atoms with Crippen molar-refractivity contribution in [1.82, 2.24) is 4.90 Å². The first-order chi connectivity index (χ1) is 28.1. The Morgan fingerprint density at radius 2 is 0.918 bits per heavy atom. The molecule has 4 aromatic rings. The number of aryl methyl sites for hydroxylation is 12. The number of ketones is 2. The van der Waals surface area contributed by atoms with Crippen LogP contribution in [0.3, 0.4) is 0 Å². The smallest absolute Gasteiger partial charge is 0.197 e. The largest absolute Gasteiger partial charge is 0.381 e. The predicted octanol–water partition coefficient (Wildman–Crippen LogP) is 11.9. The average molecular weight is 989 g/mol. The minimum Gasteiger partial charge on any atom is -0.381 e. The summed E-state index contributed by atoms with van der Waals surface area (Å²) in [6.45, 7) is 29.8. The molecule has 0 saturated heterocycles. The third kappa shape index (κ3) is 12.6. The minimum atomic E-state index is -0.565. The summed E-state index contributed by atoms with van der Waals surface area (Å²) in [6, 6.07) is 16.9. The molecule has 6 atom stereocenters. The number of alkyl halides is 1. The van der Waals surface area contributed by atoms with Gasteiger partial charge in [0.1, 0.15) is 19.0 Å². The number of nitrogens with zero attached hydrogens (tertiary/aromatic N) is 2. The van der Waals surface area contributed by atoms with Crippen LogP contribution in [0.1, 0.15) is 125 Å². The number of benzene rings is 4. The molecule has 0 saturated carbocycles. The van der Waals surface area contributed by atoms with E-state index in [4.69, 9.17) is 9.47 Å². The molecule has 4 rings (SSSR count). The van der Waals surface area contributed by atoms with E-state index in [1.54, 1.807) is 14.2 Å². The molecule has 4 aromatic carbocycles. The Bertz CT molecular complexity index is 2120. The van der Waals surface area contributed by atoms with E-state index in [1.807, 2.05) is 46.5 Å². The van der Waals surface area contributed by atoms with Crippen LogP contribution >= 0.6 is 22.6 Å². The van der Waals surface area contributed by atoms with Crippen molar-refractivity contribution >= 4 is 40.4 Å². The van der Waals surface area contributed by atoms with Gasteiger partial charge in [-0.05, 0) is 159 Å². The van der Waals surface area contributed by atoms with Crippen LogP contribution in [-0.4, -0.2) is 79.3 Å². The fraction of sp³-hybridized carbons (Fsp3) is 0.491. The van der Waals surface area contributed by atoms with Crippen LogP contribution in [-0.2, 0) is 26.3 Å². The van der Waals surface area contributed by atoms with Crippen molar-refractivity contribution in [3.05, 3.63) is 138 Å². The van der Waals surface area contributed by atoms with Crippen LogP contribution in [0, 0.1) is 94.9 Å². The summed E-state index contributed by atoms with van der Waals surface area (Å²) < 4.78 is 14.3. The molecule has 0 heterocycles. The molecule has 335 valence electrons. The molecule has 0 N–H and O–H groups in total. The third-order valence-corrected chi connectivity index (χ3v) is 12.5. The van der Waals surface area contributed by atoms with E-state index in [0.717, 1.165) is 44.5 Å². The van der Waals surface area contributed by atoms with Gasteiger partial charge in [0.2, 0.25) is 0 Å². The van der Waals surface area contributed by atoms with Crippen molar-refractivity contribution in [2.24, 2.45) is 11.8 Å². The van der Waals surface area contributed by atoms with Crippen LogP contribution < -0.4 is 0 Å². The van der Waals surface area contributed by atoms with Gasteiger partial charge >= 0.3 is 0 Å². The number of carbonyl (C=O) groups excluding carboxylic acids is 2. The maximum absolute atomic E-state index is 14.9. The number of rotatable bonds is 16. The first kappa shape index (κ1) is 54.1. The van der Waals surface area contributed by atoms with Gasteiger partial charge in [-0.2, -0.15) is 0 Å². The fourth-order valence-corrected chi connectivity index (χ4v) is 9.94. The molecular formula is C53H74CoIN2O4+. The van der Waals surface area contributed by atoms with E-state index in [0.29, 0.717) is 6.54 Å². The molecule has 4 unspecified atom stereocenters. The minimum absolute atomic E-state index is 0. The second kappa shape index (κ2) is 23.6. The number of hydrogen-bond donors (Lipinski definition) is 0. The number of carbonyl (C=O) groups is 2. The number of ether oxygens (including phenoxy) is 2. The van der Waals surface area contributed by atoms with Crippen molar-refractivity contribution < 1.29 is 40.4 Å². The van der Waals surface area contributed by atoms with Gasteiger partial charge in [-0.25, -0.2) is 4.58 Å². The van der Waals surface area contributed by atoms with Gasteiger partial charge in [0.15, 0.2) is 23.8 Å². The Morgan fingerprint density at radius 1 is 0.590 bits per heavy atom. The van der Waals surface area contributed by atoms with E-state index in [-0.39, 0.29) is 52.6 Å². The first-order valence-corrected chi connectivity index (χ1v) is 23.4. The van der Waals surface area contributed by atoms with E-state index >= 15 is 0 Å². The van der Waals surface area contributed by atoms with Gasteiger partial charge in [-0.15, -0.1) is 0 Å². The summed E-state index contributed by atoms with van der Waals surface area (Å²) in [5.41, 5.74) is 17.3. The maximum Gasteiger partial charge on any atom is 0.197 e. The quantitative estimate of drug-likeness (QED) is 0.0368. The van der Waals surface area contributed by atoms with Crippen molar-refractivity contribution in [3.63, 3.8) is 0 Å². The van der Waals surface area contributed by atoms with Crippen LogP contribution in [0.2, 0.25) is 0 Å². The van der Waals surface area contributed by atoms with Crippen LogP contribution in [0.5, 0.6) is 0 Å².